The van der Waals surface area contributed by atoms with Crippen molar-refractivity contribution in [3.63, 3.8) is 0 Å². The molecule has 11 heavy (non-hydrogen) atoms. The Bertz CT molecular complexity index is 119. The fourth-order valence-electron chi connectivity index (χ4n) is 0.693. The van der Waals surface area contributed by atoms with Gasteiger partial charge in [0.15, 0.2) is 0 Å². The molecule has 0 radical (unpaired) electrons. The number of hydrogen-bond donors (Lipinski definition) is 1. The van der Waals surface area contributed by atoms with E-state index in [1.165, 1.54) is 0 Å². The quantitative estimate of drug-likeness (QED) is 0.634. The molecule has 0 aromatic heterocycles. The van der Waals surface area contributed by atoms with E-state index < -0.39 is 0 Å². The molecule has 0 rings (SSSR count). The van der Waals surface area contributed by atoms with E-state index in [4.69, 9.17) is 5.41 Å². The smallest absolute Gasteiger partial charge is 0.0123 e. The lowest BCUT2D eigenvalue weighted by Gasteiger charge is -2.08. The van der Waals surface area contributed by atoms with E-state index in [2.05, 4.69) is 27.7 Å². The maximum Gasteiger partial charge on any atom is 0.0123 e. The Labute approximate surface area is 74.5 Å². The molecule has 0 aromatic rings. The van der Waals surface area contributed by atoms with Crippen LogP contribution in [0.4, 0.5) is 0 Å². The molecule has 0 amide bonds. The summed E-state index contributed by atoms with van der Waals surface area (Å²) in [5.74, 6) is 1.54. The lowest BCUT2D eigenvalue weighted by atomic mass is 10.1. The SMILES string of the molecule is CC(C)SCCC(=N)C(C)C. The Morgan fingerprint density at radius 1 is 1.27 bits per heavy atom. The standard InChI is InChI=1S/C9H19NS/c1-7(2)9(10)5-6-11-8(3)4/h7-8,10H,5-6H2,1-4H3. The molecule has 0 aliphatic rings. The largest absolute Gasteiger partial charge is 0.309 e. The van der Waals surface area contributed by atoms with Crippen molar-refractivity contribution < 1.29 is 0 Å². The molecule has 66 valence electrons. The molecule has 0 aliphatic heterocycles. The summed E-state index contributed by atoms with van der Waals surface area (Å²) < 4.78 is 0. The van der Waals surface area contributed by atoms with Gasteiger partial charge in [0.2, 0.25) is 0 Å². The molecule has 0 atom stereocenters. The van der Waals surface area contributed by atoms with Gasteiger partial charge < -0.3 is 5.41 Å². The van der Waals surface area contributed by atoms with Crippen LogP contribution in [-0.4, -0.2) is 16.7 Å². The Morgan fingerprint density at radius 3 is 2.18 bits per heavy atom. The van der Waals surface area contributed by atoms with Crippen LogP contribution in [0.25, 0.3) is 0 Å². The molecule has 0 saturated heterocycles. The van der Waals surface area contributed by atoms with Crippen LogP contribution in [0, 0.1) is 11.3 Å². The van der Waals surface area contributed by atoms with Crippen molar-refractivity contribution in [3.05, 3.63) is 0 Å². The van der Waals surface area contributed by atoms with Crippen LogP contribution in [0.3, 0.4) is 0 Å². The van der Waals surface area contributed by atoms with Crippen LogP contribution in [0.1, 0.15) is 34.1 Å². The van der Waals surface area contributed by atoms with Crippen LogP contribution < -0.4 is 0 Å². The highest BCUT2D eigenvalue weighted by molar-refractivity contribution is 7.99. The number of nitrogens with one attached hydrogen (secondary N) is 1. The van der Waals surface area contributed by atoms with Gasteiger partial charge in [-0.25, -0.2) is 0 Å². The Hall–Kier alpha value is 0.0200. The Balaban J connectivity index is 3.32. The predicted octanol–water partition coefficient (Wildman–Crippen LogP) is 3.19. The molecule has 0 spiro atoms. The molecule has 0 unspecified atom stereocenters. The summed E-state index contributed by atoms with van der Waals surface area (Å²) in [6, 6.07) is 0. The second-order valence-corrected chi connectivity index (χ2v) is 5.03. The molecular weight excluding hydrogens is 154 g/mol. The molecule has 0 aromatic carbocycles. The van der Waals surface area contributed by atoms with Crippen molar-refractivity contribution in [3.8, 4) is 0 Å². The second-order valence-electron chi connectivity index (χ2n) is 3.35. The summed E-state index contributed by atoms with van der Waals surface area (Å²) >= 11 is 1.94. The lowest BCUT2D eigenvalue weighted by molar-refractivity contribution is 0.850. The van der Waals surface area contributed by atoms with Gasteiger partial charge >= 0.3 is 0 Å². The number of rotatable bonds is 5. The van der Waals surface area contributed by atoms with Crippen molar-refractivity contribution in [1.82, 2.24) is 0 Å². The van der Waals surface area contributed by atoms with Gasteiger partial charge in [-0.05, 0) is 23.3 Å². The third-order valence-electron chi connectivity index (χ3n) is 1.52. The van der Waals surface area contributed by atoms with Crippen molar-refractivity contribution in [1.29, 1.82) is 5.41 Å². The predicted molar refractivity (Wildman–Crippen MR) is 54.8 cm³/mol. The van der Waals surface area contributed by atoms with Gasteiger partial charge in [-0.1, -0.05) is 27.7 Å². The molecule has 0 bridgehead atoms. The van der Waals surface area contributed by atoms with E-state index in [9.17, 15) is 0 Å². The van der Waals surface area contributed by atoms with Crippen LogP contribution >= 0.6 is 11.8 Å². The molecule has 2 heteroatoms. The topological polar surface area (TPSA) is 23.9 Å². The van der Waals surface area contributed by atoms with E-state index in [1.807, 2.05) is 11.8 Å². The minimum absolute atomic E-state index is 0.433. The maximum atomic E-state index is 7.57. The van der Waals surface area contributed by atoms with Gasteiger partial charge in [0, 0.05) is 5.71 Å². The zero-order chi connectivity index (χ0) is 8.85. The Morgan fingerprint density at radius 2 is 1.82 bits per heavy atom. The average molecular weight is 173 g/mol. The first-order valence-corrected chi connectivity index (χ1v) is 5.27. The number of hydrogen-bond acceptors (Lipinski definition) is 2. The maximum absolute atomic E-state index is 7.57. The summed E-state index contributed by atoms with van der Waals surface area (Å²) in [7, 11) is 0. The van der Waals surface area contributed by atoms with Crippen molar-refractivity contribution in [2.75, 3.05) is 5.75 Å². The summed E-state index contributed by atoms with van der Waals surface area (Å²) in [5, 5.41) is 8.28. The molecule has 0 fully saturated rings. The van der Waals surface area contributed by atoms with Gasteiger partial charge in [-0.3, -0.25) is 0 Å². The molecular formula is C9H19NS. The first kappa shape index (κ1) is 11.0. The van der Waals surface area contributed by atoms with Gasteiger partial charge in [0.1, 0.15) is 0 Å². The summed E-state index contributed by atoms with van der Waals surface area (Å²) in [5.41, 5.74) is 0.887. The van der Waals surface area contributed by atoms with Crippen LogP contribution in [0.15, 0.2) is 0 Å². The van der Waals surface area contributed by atoms with E-state index in [0.717, 1.165) is 17.9 Å². The summed E-state index contributed by atoms with van der Waals surface area (Å²) in [6.07, 6.45) is 0.959. The fraction of sp³-hybridized carbons (Fsp3) is 0.889. The highest BCUT2D eigenvalue weighted by Crippen LogP contribution is 2.12. The van der Waals surface area contributed by atoms with Gasteiger partial charge in [-0.15, -0.1) is 0 Å². The van der Waals surface area contributed by atoms with Crippen molar-refractivity contribution >= 4 is 17.5 Å². The molecule has 1 N–H and O–H groups in total. The monoisotopic (exact) mass is 173 g/mol. The van der Waals surface area contributed by atoms with Crippen LogP contribution in [-0.2, 0) is 0 Å². The van der Waals surface area contributed by atoms with Crippen molar-refractivity contribution in [2.24, 2.45) is 5.92 Å². The van der Waals surface area contributed by atoms with Gasteiger partial charge in [0.25, 0.3) is 0 Å². The Kier molecular flexibility index (Phi) is 5.65. The van der Waals surface area contributed by atoms with Crippen LogP contribution in [0.2, 0.25) is 0 Å². The second kappa shape index (κ2) is 5.64. The highest BCUT2D eigenvalue weighted by Gasteiger charge is 2.02. The highest BCUT2D eigenvalue weighted by atomic mass is 32.2. The summed E-state index contributed by atoms with van der Waals surface area (Å²) in [6.45, 7) is 8.57. The van der Waals surface area contributed by atoms with Gasteiger partial charge in [-0.2, -0.15) is 11.8 Å². The minimum atomic E-state index is 0.433. The van der Waals surface area contributed by atoms with Crippen molar-refractivity contribution in [2.45, 2.75) is 39.4 Å². The average Bonchev–Trinajstić information content (AvgIpc) is 1.86. The van der Waals surface area contributed by atoms with E-state index in [0.29, 0.717) is 11.2 Å². The summed E-state index contributed by atoms with van der Waals surface area (Å²) in [4.78, 5) is 0. The number of thioether (sulfide) groups is 1. The van der Waals surface area contributed by atoms with Crippen LogP contribution in [0.5, 0.6) is 0 Å². The zero-order valence-electron chi connectivity index (χ0n) is 7.98. The normalized spacial score (nSPS) is 11.1. The first-order valence-electron chi connectivity index (χ1n) is 4.23. The lowest BCUT2D eigenvalue weighted by Crippen LogP contribution is -2.07. The zero-order valence-corrected chi connectivity index (χ0v) is 8.79. The molecule has 0 saturated carbocycles. The molecule has 1 nitrogen and oxygen atoms in total. The first-order chi connectivity index (χ1) is 5.04. The third kappa shape index (κ3) is 6.42. The van der Waals surface area contributed by atoms with E-state index in [1.54, 1.807) is 0 Å². The van der Waals surface area contributed by atoms with E-state index in [-0.39, 0.29) is 0 Å². The fourth-order valence-corrected chi connectivity index (χ4v) is 1.50. The molecule has 0 aliphatic carbocycles. The van der Waals surface area contributed by atoms with Gasteiger partial charge in [0.05, 0.1) is 0 Å². The van der Waals surface area contributed by atoms with E-state index >= 15 is 0 Å². The third-order valence-corrected chi connectivity index (χ3v) is 2.63. The minimum Gasteiger partial charge on any atom is -0.309 e. The molecule has 0 heterocycles.